The van der Waals surface area contributed by atoms with E-state index in [1.165, 1.54) is 0 Å². The second kappa shape index (κ2) is 9.07. The Hall–Kier alpha value is -3.04. The molecular formula is C24H28N6O2S. The molecule has 1 unspecified atom stereocenters. The summed E-state index contributed by atoms with van der Waals surface area (Å²) in [5.41, 5.74) is 1.89. The molecule has 2 amide bonds. The summed E-state index contributed by atoms with van der Waals surface area (Å²) in [7, 11) is 0. The number of hydrogen-bond donors (Lipinski definition) is 2. The fraction of sp³-hybridized carbons (Fsp3) is 0.417. The predicted molar refractivity (Wildman–Crippen MR) is 129 cm³/mol. The highest BCUT2D eigenvalue weighted by Gasteiger charge is 2.34. The van der Waals surface area contributed by atoms with Gasteiger partial charge in [-0.3, -0.25) is 14.5 Å². The van der Waals surface area contributed by atoms with E-state index in [0.717, 1.165) is 16.5 Å². The zero-order chi connectivity index (χ0) is 22.9. The van der Waals surface area contributed by atoms with Crippen molar-refractivity contribution in [1.29, 1.82) is 0 Å². The van der Waals surface area contributed by atoms with E-state index < -0.39 is 6.04 Å². The average Bonchev–Trinajstić information content (AvgIpc) is 3.30. The van der Waals surface area contributed by atoms with Gasteiger partial charge in [0.2, 0.25) is 11.8 Å². The van der Waals surface area contributed by atoms with Crippen LogP contribution in [0.15, 0.2) is 41.1 Å². The molecule has 5 rings (SSSR count). The van der Waals surface area contributed by atoms with E-state index in [0.29, 0.717) is 44.2 Å². The number of fused-ring (bicyclic) bond motifs is 5. The van der Waals surface area contributed by atoms with Gasteiger partial charge in [-0.2, -0.15) is 11.3 Å². The number of anilines is 1. The van der Waals surface area contributed by atoms with Gasteiger partial charge in [0.1, 0.15) is 23.8 Å². The quantitative estimate of drug-likeness (QED) is 0.619. The number of thiophene rings is 1. The largest absolute Gasteiger partial charge is 0.358 e. The maximum Gasteiger partial charge on any atom is 0.244 e. The lowest BCUT2D eigenvalue weighted by molar-refractivity contribution is -0.136. The molecule has 1 aromatic carbocycles. The van der Waals surface area contributed by atoms with Crippen molar-refractivity contribution in [2.24, 2.45) is 5.92 Å². The zero-order valence-corrected chi connectivity index (χ0v) is 19.6. The lowest BCUT2D eigenvalue weighted by atomic mass is 10.0. The number of nitrogens with zero attached hydrogens (tertiary/aromatic N) is 4. The number of hydrogen-bond acceptors (Lipinski definition) is 7. The number of nitrogens with one attached hydrogen (secondary N) is 2. The van der Waals surface area contributed by atoms with Gasteiger partial charge in [0.15, 0.2) is 0 Å². The third-order valence-corrected chi connectivity index (χ3v) is 7.06. The number of carbonyl (C=O) groups is 2. The Bertz CT molecular complexity index is 1160. The van der Waals surface area contributed by atoms with Crippen molar-refractivity contribution >= 4 is 39.9 Å². The van der Waals surface area contributed by atoms with Crippen molar-refractivity contribution in [1.82, 2.24) is 25.1 Å². The van der Waals surface area contributed by atoms with Crippen molar-refractivity contribution in [2.45, 2.75) is 39.0 Å². The molecule has 9 heteroatoms. The molecule has 0 saturated carbocycles. The van der Waals surface area contributed by atoms with Crippen molar-refractivity contribution in [2.75, 3.05) is 25.0 Å². The third kappa shape index (κ3) is 4.56. The van der Waals surface area contributed by atoms with Crippen LogP contribution >= 0.6 is 11.3 Å². The molecule has 4 heterocycles. The molecule has 33 heavy (non-hydrogen) atoms. The minimum Gasteiger partial charge on any atom is -0.358 e. The van der Waals surface area contributed by atoms with Gasteiger partial charge < -0.3 is 15.5 Å². The molecular weight excluding hydrogens is 436 g/mol. The van der Waals surface area contributed by atoms with Crippen LogP contribution in [0.4, 0.5) is 5.82 Å². The third-order valence-electron chi connectivity index (χ3n) is 6.32. The number of rotatable bonds is 3. The number of piperazine rings is 1. The van der Waals surface area contributed by atoms with Gasteiger partial charge in [0.05, 0.1) is 25.0 Å². The van der Waals surface area contributed by atoms with Crippen LogP contribution in [0.5, 0.6) is 0 Å². The first-order valence-corrected chi connectivity index (χ1v) is 12.3. The Morgan fingerprint density at radius 1 is 1.18 bits per heavy atom. The van der Waals surface area contributed by atoms with E-state index in [9.17, 15) is 9.59 Å². The van der Waals surface area contributed by atoms with Crippen LogP contribution < -0.4 is 10.6 Å². The summed E-state index contributed by atoms with van der Waals surface area (Å²) in [5, 5.41) is 11.5. The standard InChI is InChI=1S/C24H28N6O2S/c1-15(2)22-24(32)27-20-13-30(21(31)11-16-7-10-33-14-16)9-8-29(20)12-19-25-18-6-4-3-5-17(18)23(26-19)28-22/h3-7,10,14-15,20,22H,8-9,11-13H2,1-2H3,(H,27,32)(H,25,26,28)/t20?,22-/m0/s1. The van der Waals surface area contributed by atoms with Gasteiger partial charge in [-0.25, -0.2) is 9.97 Å². The number of aromatic nitrogens is 2. The van der Waals surface area contributed by atoms with Crippen LogP contribution in [-0.2, 0) is 22.6 Å². The first-order valence-electron chi connectivity index (χ1n) is 11.3. The van der Waals surface area contributed by atoms with Crippen molar-refractivity contribution in [3.63, 3.8) is 0 Å². The molecule has 2 N–H and O–H groups in total. The number of amides is 2. The fourth-order valence-corrected chi connectivity index (χ4v) is 5.14. The molecule has 2 atom stereocenters. The van der Waals surface area contributed by atoms with Crippen molar-refractivity contribution < 1.29 is 9.59 Å². The molecule has 2 aliphatic heterocycles. The van der Waals surface area contributed by atoms with Gasteiger partial charge in [0, 0.05) is 18.5 Å². The highest BCUT2D eigenvalue weighted by molar-refractivity contribution is 7.08. The molecule has 2 aromatic heterocycles. The molecule has 2 bridgehead atoms. The molecule has 1 saturated heterocycles. The van der Waals surface area contributed by atoms with E-state index in [1.54, 1.807) is 11.3 Å². The van der Waals surface area contributed by atoms with Gasteiger partial charge in [-0.1, -0.05) is 26.0 Å². The van der Waals surface area contributed by atoms with Gasteiger partial charge in [-0.15, -0.1) is 0 Å². The van der Waals surface area contributed by atoms with E-state index in [1.807, 2.05) is 59.8 Å². The Labute approximate surface area is 197 Å². The topological polar surface area (TPSA) is 90.5 Å². The van der Waals surface area contributed by atoms with Crippen LogP contribution in [0, 0.1) is 5.92 Å². The van der Waals surface area contributed by atoms with Crippen LogP contribution in [-0.4, -0.2) is 63.4 Å². The second-order valence-electron chi connectivity index (χ2n) is 9.01. The van der Waals surface area contributed by atoms with Crippen LogP contribution in [0.25, 0.3) is 10.9 Å². The Morgan fingerprint density at radius 3 is 2.82 bits per heavy atom. The molecule has 0 spiro atoms. The van der Waals surface area contributed by atoms with E-state index in [-0.39, 0.29) is 23.9 Å². The second-order valence-corrected chi connectivity index (χ2v) is 9.79. The number of benzene rings is 1. The van der Waals surface area contributed by atoms with Crippen LogP contribution in [0.1, 0.15) is 25.2 Å². The number of para-hydroxylation sites is 1. The normalized spacial score (nSPS) is 21.4. The maximum absolute atomic E-state index is 13.3. The summed E-state index contributed by atoms with van der Waals surface area (Å²) < 4.78 is 0. The molecule has 8 nitrogen and oxygen atoms in total. The smallest absolute Gasteiger partial charge is 0.244 e. The summed E-state index contributed by atoms with van der Waals surface area (Å²) in [6.45, 7) is 6.24. The Morgan fingerprint density at radius 2 is 2.03 bits per heavy atom. The molecule has 0 aliphatic carbocycles. The minimum absolute atomic E-state index is 0.0509. The van der Waals surface area contributed by atoms with E-state index in [2.05, 4.69) is 15.5 Å². The molecule has 3 aromatic rings. The SMILES string of the molecule is CC(C)[C@@H]1Nc2nc(nc3ccccc23)CN2CCN(C(=O)Cc3ccsc3)CC2NC1=O. The summed E-state index contributed by atoms with van der Waals surface area (Å²) >= 11 is 1.59. The summed E-state index contributed by atoms with van der Waals surface area (Å²) in [5.74, 6) is 1.45. The van der Waals surface area contributed by atoms with Gasteiger partial charge >= 0.3 is 0 Å². The predicted octanol–water partition coefficient (Wildman–Crippen LogP) is 2.47. The van der Waals surface area contributed by atoms with Crippen LogP contribution in [0.3, 0.4) is 0 Å². The first kappa shape index (κ1) is 21.8. The zero-order valence-electron chi connectivity index (χ0n) is 18.8. The summed E-state index contributed by atoms with van der Waals surface area (Å²) in [6.07, 6.45) is 0.0923. The highest BCUT2D eigenvalue weighted by Crippen LogP contribution is 2.25. The van der Waals surface area contributed by atoms with E-state index in [4.69, 9.17) is 9.97 Å². The van der Waals surface area contributed by atoms with Crippen molar-refractivity contribution in [3.8, 4) is 0 Å². The van der Waals surface area contributed by atoms with E-state index >= 15 is 0 Å². The lowest BCUT2D eigenvalue weighted by Gasteiger charge is -2.42. The minimum atomic E-state index is -0.451. The summed E-state index contributed by atoms with van der Waals surface area (Å²) in [6, 6.07) is 9.39. The molecule has 172 valence electrons. The highest BCUT2D eigenvalue weighted by atomic mass is 32.1. The lowest BCUT2D eigenvalue weighted by Crippen LogP contribution is -2.63. The van der Waals surface area contributed by atoms with Crippen molar-refractivity contribution in [3.05, 3.63) is 52.5 Å². The molecule has 1 fully saturated rings. The molecule has 2 aliphatic rings. The monoisotopic (exact) mass is 464 g/mol. The molecule has 0 radical (unpaired) electrons. The van der Waals surface area contributed by atoms with Gasteiger partial charge in [-0.05, 0) is 40.4 Å². The van der Waals surface area contributed by atoms with Gasteiger partial charge in [0.25, 0.3) is 0 Å². The summed E-state index contributed by atoms with van der Waals surface area (Å²) in [4.78, 5) is 39.9. The fourth-order valence-electron chi connectivity index (χ4n) is 4.48. The number of carbonyl (C=O) groups excluding carboxylic acids is 2. The Balaban J connectivity index is 1.45. The van der Waals surface area contributed by atoms with Crippen LogP contribution in [0.2, 0.25) is 0 Å². The maximum atomic E-state index is 13.3. The first-order chi connectivity index (χ1) is 16.0. The Kier molecular flexibility index (Phi) is 5.99. The average molecular weight is 465 g/mol.